The second-order valence-corrected chi connectivity index (χ2v) is 2.32. The van der Waals surface area contributed by atoms with Crippen LogP contribution in [0.1, 0.15) is 0 Å². The van der Waals surface area contributed by atoms with Gasteiger partial charge < -0.3 is 0 Å². The monoisotopic (exact) mass is 128 g/mol. The Bertz CT molecular complexity index is 65.0. The average molecular weight is 128 g/mol. The molecule has 0 atom stereocenters. The minimum atomic E-state index is 0.243. The molecule has 25 valence electrons. The summed E-state index contributed by atoms with van der Waals surface area (Å²) >= 11 is 0.243. The van der Waals surface area contributed by atoms with Gasteiger partial charge in [-0.15, -0.1) is 0 Å². The molecule has 0 aromatic rings. The first-order valence-corrected chi connectivity index (χ1v) is 3.31. The summed E-state index contributed by atoms with van der Waals surface area (Å²) in [5.74, 6) is 0. The Morgan fingerprint density at radius 3 is 2.80 bits per heavy atom. The van der Waals surface area contributed by atoms with Crippen LogP contribution in [0.3, 0.4) is 0 Å². The Morgan fingerprint density at radius 2 is 2.60 bits per heavy atom. The van der Waals surface area contributed by atoms with Crippen molar-refractivity contribution in [3.05, 3.63) is 10.9 Å². The summed E-state index contributed by atoms with van der Waals surface area (Å²) in [4.78, 5) is 2.11. The SMILES string of the molecule is C1=C[As]N=C1. The van der Waals surface area contributed by atoms with Crippen LogP contribution in [0, 0.1) is 0 Å². The molecule has 5 heavy (non-hydrogen) atoms. The number of hydrogen-bond acceptors (Lipinski definition) is 1. The molecule has 2 heteroatoms. The summed E-state index contributed by atoms with van der Waals surface area (Å²) in [6.07, 6.45) is 3.83. The van der Waals surface area contributed by atoms with Gasteiger partial charge in [-0.25, -0.2) is 0 Å². The topological polar surface area (TPSA) is 12.4 Å². The van der Waals surface area contributed by atoms with Crippen LogP contribution >= 0.6 is 0 Å². The number of allylic oxidation sites excluding steroid dienone is 1. The fourth-order valence-corrected chi connectivity index (χ4v) is 1.00. The molecule has 1 heterocycles. The van der Waals surface area contributed by atoms with Gasteiger partial charge in [-0.3, -0.25) is 0 Å². The van der Waals surface area contributed by atoms with Crippen molar-refractivity contribution >= 4 is 22.2 Å². The van der Waals surface area contributed by atoms with E-state index in [0.717, 1.165) is 0 Å². The van der Waals surface area contributed by atoms with Gasteiger partial charge in [-0.05, 0) is 0 Å². The first kappa shape index (κ1) is 3.17. The van der Waals surface area contributed by atoms with E-state index in [-0.39, 0.29) is 16.0 Å². The van der Waals surface area contributed by atoms with Gasteiger partial charge in [-0.2, -0.15) is 0 Å². The maximum atomic E-state index is 3.94. The molecule has 0 unspecified atom stereocenters. The Hall–Kier alpha value is -0.0316. The van der Waals surface area contributed by atoms with E-state index in [9.17, 15) is 0 Å². The van der Waals surface area contributed by atoms with E-state index in [2.05, 4.69) is 8.77 Å². The predicted octanol–water partition coefficient (Wildman–Crippen LogP) is 0.204. The first-order chi connectivity index (χ1) is 2.50. The fourth-order valence-electron chi connectivity index (χ4n) is 0.192. The van der Waals surface area contributed by atoms with Gasteiger partial charge in [0.2, 0.25) is 0 Å². The van der Waals surface area contributed by atoms with Crippen LogP contribution in [0.25, 0.3) is 0 Å². The van der Waals surface area contributed by atoms with Gasteiger partial charge in [0, 0.05) is 0 Å². The third kappa shape index (κ3) is 0.623. The summed E-state index contributed by atoms with van der Waals surface area (Å²) in [7, 11) is 0. The van der Waals surface area contributed by atoms with Crippen molar-refractivity contribution in [3.8, 4) is 0 Å². The van der Waals surface area contributed by atoms with E-state index in [4.69, 9.17) is 0 Å². The van der Waals surface area contributed by atoms with Crippen molar-refractivity contribution in [3.63, 3.8) is 0 Å². The van der Waals surface area contributed by atoms with Crippen molar-refractivity contribution in [2.24, 2.45) is 3.91 Å². The summed E-state index contributed by atoms with van der Waals surface area (Å²) in [5.41, 5.74) is 0. The van der Waals surface area contributed by atoms with Gasteiger partial charge in [0.15, 0.2) is 0 Å². The summed E-state index contributed by atoms with van der Waals surface area (Å²) in [6, 6.07) is 0. The zero-order chi connectivity index (χ0) is 3.54. The zero-order valence-corrected chi connectivity index (χ0v) is 4.50. The molecule has 0 aliphatic carbocycles. The van der Waals surface area contributed by atoms with Crippen molar-refractivity contribution in [2.75, 3.05) is 0 Å². The normalized spacial score (nSPS) is 22.4. The number of rotatable bonds is 0. The van der Waals surface area contributed by atoms with Gasteiger partial charge in [0.25, 0.3) is 0 Å². The molecule has 0 saturated heterocycles. The second kappa shape index (κ2) is 1.42. The van der Waals surface area contributed by atoms with Crippen LogP contribution in [-0.4, -0.2) is 22.2 Å². The summed E-state index contributed by atoms with van der Waals surface area (Å²) < 4.78 is 3.94. The van der Waals surface area contributed by atoms with E-state index in [1.165, 1.54) is 0 Å². The molecule has 0 amide bonds. The predicted molar refractivity (Wildman–Crippen MR) is 23.4 cm³/mol. The molecule has 0 fully saturated rings. The fraction of sp³-hybridized carbons (Fsp3) is 0. The maximum absolute atomic E-state index is 3.94. The van der Waals surface area contributed by atoms with Gasteiger partial charge in [0.05, 0.1) is 0 Å². The van der Waals surface area contributed by atoms with E-state index in [1.807, 2.05) is 12.3 Å². The van der Waals surface area contributed by atoms with E-state index >= 15 is 0 Å². The van der Waals surface area contributed by atoms with Crippen LogP contribution in [0.5, 0.6) is 0 Å². The van der Waals surface area contributed by atoms with Crippen molar-refractivity contribution in [2.45, 2.75) is 0 Å². The number of hydrogen-bond donors (Lipinski definition) is 0. The van der Waals surface area contributed by atoms with Gasteiger partial charge in [-0.1, -0.05) is 0 Å². The van der Waals surface area contributed by atoms with Crippen LogP contribution < -0.4 is 0 Å². The molecule has 1 aliphatic heterocycles. The van der Waals surface area contributed by atoms with Crippen molar-refractivity contribution in [1.82, 2.24) is 0 Å². The molecule has 1 radical (unpaired) electrons. The molecule has 0 N–H and O–H groups in total. The molecular weight excluding hydrogens is 125 g/mol. The molecule has 0 spiro atoms. The summed E-state index contributed by atoms with van der Waals surface area (Å²) in [6.45, 7) is 0. The van der Waals surface area contributed by atoms with E-state index in [0.29, 0.717) is 0 Å². The first-order valence-electron chi connectivity index (χ1n) is 1.38. The number of nitrogens with zero attached hydrogens (tertiary/aromatic N) is 1. The minimum absolute atomic E-state index is 0.243. The quantitative estimate of drug-likeness (QED) is 0.413. The van der Waals surface area contributed by atoms with Crippen molar-refractivity contribution < 1.29 is 0 Å². The molecule has 1 aliphatic rings. The Balaban J connectivity index is 2.61. The standard InChI is InChI=1S/C3H3AsN/c1-2-4-5-3-1/h1-3H. The second-order valence-electron chi connectivity index (χ2n) is 0.722. The van der Waals surface area contributed by atoms with Crippen molar-refractivity contribution in [1.29, 1.82) is 0 Å². The molecule has 0 saturated carbocycles. The third-order valence-corrected chi connectivity index (χ3v) is 1.57. The average Bonchev–Trinajstić information content (AvgIpc) is 1.76. The Morgan fingerprint density at radius 1 is 1.60 bits per heavy atom. The van der Waals surface area contributed by atoms with Gasteiger partial charge >= 0.3 is 37.0 Å². The zero-order valence-electron chi connectivity index (χ0n) is 2.63. The van der Waals surface area contributed by atoms with Crippen LogP contribution in [0.4, 0.5) is 0 Å². The molecule has 0 aromatic carbocycles. The van der Waals surface area contributed by atoms with Crippen LogP contribution in [0.15, 0.2) is 14.8 Å². The van der Waals surface area contributed by atoms with Crippen LogP contribution in [-0.2, 0) is 0 Å². The summed E-state index contributed by atoms with van der Waals surface area (Å²) in [5, 5.41) is 0. The molecule has 0 bridgehead atoms. The Kier molecular flexibility index (Phi) is 0.898. The molecule has 0 aromatic heterocycles. The Labute approximate surface area is 37.7 Å². The van der Waals surface area contributed by atoms with Gasteiger partial charge in [0.1, 0.15) is 0 Å². The molecule has 1 nitrogen and oxygen atoms in total. The molecular formula is C3H3AsN. The van der Waals surface area contributed by atoms with Crippen LogP contribution in [0.2, 0.25) is 0 Å². The third-order valence-electron chi connectivity index (χ3n) is 0.372. The molecule has 1 rings (SSSR count). The van der Waals surface area contributed by atoms with E-state index < -0.39 is 0 Å². The van der Waals surface area contributed by atoms with E-state index in [1.54, 1.807) is 0 Å².